The van der Waals surface area contributed by atoms with Crippen LogP contribution in [-0.4, -0.2) is 157 Å². The maximum absolute atomic E-state index is 12.7. The van der Waals surface area contributed by atoms with Crippen molar-refractivity contribution >= 4 is 5.97 Å². The predicted molar refractivity (Wildman–Crippen MR) is 223 cm³/mol. The van der Waals surface area contributed by atoms with Gasteiger partial charge in [-0.1, -0.05) is 73.1 Å². The Labute approximate surface area is 370 Å². The highest BCUT2D eigenvalue weighted by Gasteiger charge is 2.68. The van der Waals surface area contributed by atoms with Gasteiger partial charge in [0.25, 0.3) is 0 Å². The maximum Gasteiger partial charge on any atom is 0.335 e. The van der Waals surface area contributed by atoms with Crippen molar-refractivity contribution in [2.24, 2.45) is 44.3 Å². The van der Waals surface area contributed by atoms with Crippen LogP contribution in [0.15, 0.2) is 23.3 Å². The minimum Gasteiger partial charge on any atom is -0.479 e. The summed E-state index contributed by atoms with van der Waals surface area (Å²) in [5.41, 5.74) is 1.71. The van der Waals surface area contributed by atoms with Gasteiger partial charge in [-0.25, -0.2) is 4.79 Å². The van der Waals surface area contributed by atoms with Crippen molar-refractivity contribution in [3.63, 3.8) is 0 Å². The van der Waals surface area contributed by atoms with Gasteiger partial charge >= 0.3 is 5.97 Å². The van der Waals surface area contributed by atoms with Crippen molar-refractivity contribution in [2.45, 2.75) is 212 Å². The summed E-state index contributed by atoms with van der Waals surface area (Å²) in [7, 11) is 0. The van der Waals surface area contributed by atoms with Crippen molar-refractivity contribution in [1.82, 2.24) is 0 Å². The molecule has 0 radical (unpaired) electrons. The Kier molecular flexibility index (Phi) is 12.4. The van der Waals surface area contributed by atoms with Crippen LogP contribution >= 0.6 is 0 Å². The molecule has 0 aromatic carbocycles. The topological polar surface area (TPSA) is 255 Å². The summed E-state index contributed by atoms with van der Waals surface area (Å²) in [5, 5.41) is 97.1. The third-order valence-electron chi connectivity index (χ3n) is 18.3. The Bertz CT molecular complexity index is 1800. The minimum atomic E-state index is -1.99. The van der Waals surface area contributed by atoms with Crippen LogP contribution in [0.1, 0.15) is 114 Å². The van der Waals surface area contributed by atoms with E-state index in [1.807, 2.05) is 0 Å². The first kappa shape index (κ1) is 47.9. The van der Waals surface area contributed by atoms with E-state index in [2.05, 4.69) is 67.5 Å². The maximum atomic E-state index is 12.7. The third kappa shape index (κ3) is 7.44. The number of fused-ring (bicyclic) bond motifs is 6. The molecule has 16 nitrogen and oxygen atoms in total. The SMILES string of the molecule is C[C@H]1O[C@@H](O[C@@H]2[C@@H](O)[C@H](C(=O)O)O[C@H](O[C@@H]3CC[C@@]4(C)[C@H](CC[C@]5(C)[C@@H]4C=CC4=C6CC(C)(C)C[C@H](O)[C@]6(C)CC[C@@]45C)C3(C)C)[C@H]2O[C@@H]2OC[C@@H](O)[C@H](O)[C@@H]2O)[C@H](O)[C@@H](O)[C@@H]1O. The van der Waals surface area contributed by atoms with Crippen molar-refractivity contribution in [2.75, 3.05) is 6.61 Å². The second-order valence-electron chi connectivity index (χ2n) is 22.9. The number of carboxylic acids is 1. The summed E-state index contributed by atoms with van der Waals surface area (Å²) in [6.45, 7) is 19.5. The van der Waals surface area contributed by atoms with Crippen LogP contribution in [0.4, 0.5) is 0 Å². The molecule has 8 aliphatic rings. The van der Waals surface area contributed by atoms with Crippen molar-refractivity contribution in [3.8, 4) is 0 Å². The van der Waals surface area contributed by atoms with Crippen LogP contribution < -0.4 is 0 Å². The number of hydrogen-bond donors (Lipinski definition) is 9. The number of ether oxygens (including phenoxy) is 6. The Morgan fingerprint density at radius 3 is 2.06 bits per heavy atom. The van der Waals surface area contributed by atoms with Crippen LogP contribution in [0.3, 0.4) is 0 Å². The van der Waals surface area contributed by atoms with E-state index in [1.54, 1.807) is 0 Å². The number of aliphatic carboxylic acids is 1. The molecule has 5 aliphatic carbocycles. The van der Waals surface area contributed by atoms with Gasteiger partial charge in [0, 0.05) is 5.41 Å². The lowest BCUT2D eigenvalue weighted by molar-refractivity contribution is -0.390. The minimum absolute atomic E-state index is 0.000476. The van der Waals surface area contributed by atoms with Crippen molar-refractivity contribution < 1.29 is 79.2 Å². The van der Waals surface area contributed by atoms with E-state index in [0.717, 1.165) is 44.9 Å². The first-order chi connectivity index (χ1) is 29.2. The van der Waals surface area contributed by atoms with E-state index in [1.165, 1.54) is 18.1 Å². The normalized spacial score (nSPS) is 54.0. The molecule has 22 atom stereocenters. The monoisotopic (exact) mass is 894 g/mol. The average Bonchev–Trinajstić information content (AvgIpc) is 3.20. The van der Waals surface area contributed by atoms with Gasteiger partial charge in [0.2, 0.25) is 0 Å². The van der Waals surface area contributed by atoms with Crippen LogP contribution in [-0.2, 0) is 33.2 Å². The quantitative estimate of drug-likeness (QED) is 0.166. The number of rotatable bonds is 7. The van der Waals surface area contributed by atoms with E-state index in [-0.39, 0.29) is 45.0 Å². The molecular formula is C47H74O16. The van der Waals surface area contributed by atoms with Crippen LogP contribution in [0.25, 0.3) is 0 Å². The molecule has 0 amide bonds. The summed E-state index contributed by atoms with van der Waals surface area (Å²) in [6, 6.07) is 0. The summed E-state index contributed by atoms with van der Waals surface area (Å²) in [6.07, 6.45) is -12.4. The molecule has 0 bridgehead atoms. The van der Waals surface area contributed by atoms with E-state index in [9.17, 15) is 50.8 Å². The van der Waals surface area contributed by atoms with Gasteiger partial charge in [0.15, 0.2) is 25.0 Å². The molecule has 3 saturated heterocycles. The highest BCUT2D eigenvalue weighted by atomic mass is 16.8. The van der Waals surface area contributed by atoms with Gasteiger partial charge in [-0.05, 0) is 103 Å². The Hall–Kier alpha value is -1.61. The zero-order valence-electron chi connectivity index (χ0n) is 38.3. The first-order valence-electron chi connectivity index (χ1n) is 23.2. The fourth-order valence-electron chi connectivity index (χ4n) is 14.2. The molecule has 3 saturated carbocycles. The molecule has 6 fully saturated rings. The van der Waals surface area contributed by atoms with Crippen LogP contribution in [0.2, 0.25) is 0 Å². The number of aliphatic hydroxyl groups is 8. The second-order valence-corrected chi connectivity index (χ2v) is 22.9. The first-order valence-corrected chi connectivity index (χ1v) is 23.2. The lowest BCUT2D eigenvalue weighted by Gasteiger charge is -2.70. The lowest BCUT2D eigenvalue weighted by atomic mass is 9.35. The number of allylic oxidation sites excluding steroid dienone is 3. The lowest BCUT2D eigenvalue weighted by Crippen LogP contribution is -2.68. The molecule has 8 rings (SSSR count). The Morgan fingerprint density at radius 2 is 1.38 bits per heavy atom. The zero-order chi connectivity index (χ0) is 46.1. The number of hydrogen-bond acceptors (Lipinski definition) is 15. The van der Waals surface area contributed by atoms with Gasteiger partial charge in [-0.3, -0.25) is 0 Å². The van der Waals surface area contributed by atoms with E-state index < -0.39 is 110 Å². The summed E-state index contributed by atoms with van der Waals surface area (Å²) < 4.78 is 36.6. The second kappa shape index (κ2) is 16.3. The van der Waals surface area contributed by atoms with E-state index >= 15 is 0 Å². The van der Waals surface area contributed by atoms with Crippen LogP contribution in [0.5, 0.6) is 0 Å². The van der Waals surface area contributed by atoms with Crippen molar-refractivity contribution in [3.05, 3.63) is 23.3 Å². The summed E-state index contributed by atoms with van der Waals surface area (Å²) in [4.78, 5) is 12.7. The van der Waals surface area contributed by atoms with Gasteiger partial charge in [0.05, 0.1) is 24.9 Å². The van der Waals surface area contributed by atoms with Gasteiger partial charge < -0.3 is 74.4 Å². The molecule has 0 aromatic heterocycles. The standard InChI is InChI=1S/C47H74O16/c1-21-29(50)31(52)33(54)40(59-21)61-35-34(55)36(38(56)57)62-41(37(35)63-39-32(53)30(51)24(48)20-58-39)60-28-13-14-45(7)25(43(28,4)5)12-15-47(9)26(45)11-10-22-23-18-42(2,3)19-27(49)44(23,6)16-17-46(22,47)8/h10-11,21,24-37,39-41,48-55H,12-20H2,1-9H3,(H,56,57)/t21-,24-,25-,26-,27+,28-,29-,30+,31+,32+,33-,34-,35-,36-,37+,39+,40+,41+,44-,45+,46+,47-/m1/s1. The number of carbonyl (C=O) groups is 1. The molecular weight excluding hydrogens is 821 g/mol. The fraction of sp³-hybridized carbons (Fsp3) is 0.894. The Morgan fingerprint density at radius 1 is 0.714 bits per heavy atom. The summed E-state index contributed by atoms with van der Waals surface area (Å²) >= 11 is 0. The van der Waals surface area contributed by atoms with Gasteiger partial charge in [-0.2, -0.15) is 0 Å². The number of aliphatic hydroxyl groups excluding tert-OH is 8. The van der Waals surface area contributed by atoms with Crippen molar-refractivity contribution in [1.29, 1.82) is 0 Å². The molecule has 358 valence electrons. The molecule has 0 spiro atoms. The third-order valence-corrected chi connectivity index (χ3v) is 18.3. The predicted octanol–water partition coefficient (Wildman–Crippen LogP) is 2.29. The molecule has 63 heavy (non-hydrogen) atoms. The summed E-state index contributed by atoms with van der Waals surface area (Å²) in [5.74, 6) is -1.20. The molecule has 9 N–H and O–H groups in total. The van der Waals surface area contributed by atoms with Gasteiger partial charge in [-0.15, -0.1) is 0 Å². The van der Waals surface area contributed by atoms with E-state index in [0.29, 0.717) is 6.42 Å². The van der Waals surface area contributed by atoms with Crippen LogP contribution in [0, 0.1) is 44.3 Å². The Balaban J connectivity index is 1.11. The molecule has 0 unspecified atom stereocenters. The largest absolute Gasteiger partial charge is 0.479 e. The fourth-order valence-corrected chi connectivity index (χ4v) is 14.2. The molecule has 0 aromatic rings. The smallest absolute Gasteiger partial charge is 0.335 e. The molecule has 16 heteroatoms. The molecule has 3 heterocycles. The van der Waals surface area contributed by atoms with E-state index in [4.69, 9.17) is 28.4 Å². The highest BCUT2D eigenvalue weighted by Crippen LogP contribution is 2.74. The van der Waals surface area contributed by atoms with Gasteiger partial charge in [0.1, 0.15) is 54.9 Å². The average molecular weight is 895 g/mol. The molecule has 3 aliphatic heterocycles. The number of carboxylic acid groups (broad SMARTS) is 1. The highest BCUT2D eigenvalue weighted by molar-refractivity contribution is 5.73. The zero-order valence-corrected chi connectivity index (χ0v) is 38.3.